The van der Waals surface area contributed by atoms with Crippen molar-refractivity contribution in [2.24, 2.45) is 0 Å². The first-order chi connectivity index (χ1) is 6.66. The van der Waals surface area contributed by atoms with E-state index in [2.05, 4.69) is 9.64 Å². The molecule has 1 atom stereocenters. The van der Waals surface area contributed by atoms with E-state index in [4.69, 9.17) is 9.76 Å². The molecular formula is C7H5BFNO4. The normalized spacial score (nSPS) is 21.1. The van der Waals surface area contributed by atoms with Crippen molar-refractivity contribution in [3.63, 3.8) is 0 Å². The van der Waals surface area contributed by atoms with Crippen LogP contribution in [0.3, 0.4) is 0 Å². The molecule has 0 aliphatic carbocycles. The van der Waals surface area contributed by atoms with Gasteiger partial charge >= 0.3 is 13.1 Å². The first-order valence-corrected chi connectivity index (χ1v) is 3.82. The molecule has 0 amide bonds. The fourth-order valence-electron chi connectivity index (χ4n) is 1.04. The average Bonchev–Trinajstić information content (AvgIpc) is 2.48. The van der Waals surface area contributed by atoms with Crippen LogP contribution >= 0.6 is 0 Å². The van der Waals surface area contributed by atoms with Gasteiger partial charge in [-0.3, -0.25) is 0 Å². The number of carbonyl (C=O) groups excluding carboxylic acids is 1. The second-order valence-electron chi connectivity index (χ2n) is 2.67. The molecule has 1 aliphatic rings. The lowest BCUT2D eigenvalue weighted by atomic mass is 9.81. The summed E-state index contributed by atoms with van der Waals surface area (Å²) in [4.78, 5) is 14.1. The predicted octanol–water partition coefficient (Wildman–Crippen LogP) is -1.19. The van der Waals surface area contributed by atoms with Gasteiger partial charge in [-0.25, -0.2) is 9.78 Å². The van der Waals surface area contributed by atoms with Gasteiger partial charge in [-0.15, -0.1) is 0 Å². The second-order valence-corrected chi connectivity index (χ2v) is 2.67. The molecule has 1 fully saturated rings. The predicted molar refractivity (Wildman–Crippen MR) is 42.8 cm³/mol. The van der Waals surface area contributed by atoms with E-state index in [1.165, 1.54) is 12.3 Å². The van der Waals surface area contributed by atoms with Crippen molar-refractivity contribution in [2.45, 2.75) is 6.29 Å². The highest BCUT2D eigenvalue weighted by Gasteiger charge is 2.40. The molecule has 72 valence electrons. The quantitative estimate of drug-likeness (QED) is 0.452. The highest BCUT2D eigenvalue weighted by atomic mass is 19.1. The lowest BCUT2D eigenvalue weighted by Crippen LogP contribution is -2.32. The molecule has 0 spiro atoms. The SMILES string of the molecule is O=C1OB(c2ccc(F)nc2)OC1O. The number of hydrogen-bond acceptors (Lipinski definition) is 5. The van der Waals surface area contributed by atoms with E-state index in [1.807, 2.05) is 0 Å². The number of aliphatic hydroxyl groups is 1. The second kappa shape index (κ2) is 3.35. The van der Waals surface area contributed by atoms with E-state index < -0.39 is 25.3 Å². The van der Waals surface area contributed by atoms with Gasteiger partial charge in [0.15, 0.2) is 0 Å². The van der Waals surface area contributed by atoms with Crippen molar-refractivity contribution >= 4 is 18.6 Å². The van der Waals surface area contributed by atoms with E-state index in [9.17, 15) is 9.18 Å². The molecule has 1 saturated heterocycles. The molecule has 2 rings (SSSR count). The Labute approximate surface area is 78.6 Å². The van der Waals surface area contributed by atoms with Crippen LogP contribution in [-0.4, -0.2) is 29.5 Å². The Balaban J connectivity index is 2.17. The lowest BCUT2D eigenvalue weighted by Gasteiger charge is -2.01. The Morgan fingerprint density at radius 1 is 1.57 bits per heavy atom. The van der Waals surface area contributed by atoms with Gasteiger partial charge in [0, 0.05) is 11.7 Å². The molecule has 0 radical (unpaired) electrons. The fourth-order valence-corrected chi connectivity index (χ4v) is 1.04. The van der Waals surface area contributed by atoms with E-state index in [0.29, 0.717) is 5.46 Å². The number of halogens is 1. The van der Waals surface area contributed by atoms with Crippen molar-refractivity contribution in [3.8, 4) is 0 Å². The van der Waals surface area contributed by atoms with Gasteiger partial charge < -0.3 is 14.4 Å². The van der Waals surface area contributed by atoms with Crippen LogP contribution in [0, 0.1) is 5.95 Å². The van der Waals surface area contributed by atoms with Gasteiger partial charge in [0.2, 0.25) is 12.2 Å². The third-order valence-electron chi connectivity index (χ3n) is 1.70. The minimum Gasteiger partial charge on any atom is -0.502 e. The molecule has 0 saturated carbocycles. The van der Waals surface area contributed by atoms with Crippen LogP contribution in [-0.2, 0) is 14.1 Å². The highest BCUT2D eigenvalue weighted by Crippen LogP contribution is 2.07. The topological polar surface area (TPSA) is 68.7 Å². The summed E-state index contributed by atoms with van der Waals surface area (Å²) in [6.45, 7) is 0. The maximum absolute atomic E-state index is 12.4. The summed E-state index contributed by atoms with van der Waals surface area (Å²) in [5.74, 6) is -1.50. The molecule has 1 N–H and O–H groups in total. The van der Waals surface area contributed by atoms with Gasteiger partial charge in [-0.1, -0.05) is 6.07 Å². The molecule has 1 unspecified atom stereocenters. The zero-order valence-corrected chi connectivity index (χ0v) is 6.88. The Morgan fingerprint density at radius 2 is 2.36 bits per heavy atom. The third kappa shape index (κ3) is 1.59. The standard InChI is InChI=1S/C7H5BFNO4/c9-5-2-1-4(3-10-5)8-13-6(11)7(12)14-8/h1-3,6,11H. The van der Waals surface area contributed by atoms with Gasteiger partial charge in [0.1, 0.15) is 0 Å². The van der Waals surface area contributed by atoms with E-state index in [1.54, 1.807) is 0 Å². The Bertz CT molecular complexity index is 357. The summed E-state index contributed by atoms with van der Waals surface area (Å²) in [6, 6.07) is 2.47. The van der Waals surface area contributed by atoms with E-state index in [-0.39, 0.29) is 0 Å². The number of hydrogen-bond donors (Lipinski definition) is 1. The average molecular weight is 197 g/mol. The van der Waals surface area contributed by atoms with Crippen molar-refractivity contribution in [2.75, 3.05) is 0 Å². The van der Waals surface area contributed by atoms with Gasteiger partial charge in [0.05, 0.1) is 0 Å². The molecule has 7 heteroatoms. The monoisotopic (exact) mass is 197 g/mol. The summed E-state index contributed by atoms with van der Waals surface area (Å²) in [7, 11) is -1.01. The zero-order valence-electron chi connectivity index (χ0n) is 6.88. The minimum absolute atomic E-state index is 0.372. The van der Waals surface area contributed by atoms with Gasteiger partial charge in [-0.05, 0) is 6.07 Å². The molecule has 1 aromatic rings. The number of aliphatic hydroxyl groups excluding tert-OH is 1. The first-order valence-electron chi connectivity index (χ1n) is 3.82. The summed E-state index contributed by atoms with van der Waals surface area (Å²) in [6.07, 6.45) is -0.407. The summed E-state index contributed by atoms with van der Waals surface area (Å²) >= 11 is 0. The number of carbonyl (C=O) groups is 1. The fraction of sp³-hybridized carbons (Fsp3) is 0.143. The number of pyridine rings is 1. The van der Waals surface area contributed by atoms with Crippen molar-refractivity contribution in [1.82, 2.24) is 4.98 Å². The lowest BCUT2D eigenvalue weighted by molar-refractivity contribution is -0.148. The third-order valence-corrected chi connectivity index (χ3v) is 1.70. The van der Waals surface area contributed by atoms with Crippen molar-refractivity contribution in [3.05, 3.63) is 24.3 Å². The number of rotatable bonds is 1. The van der Waals surface area contributed by atoms with Crippen LogP contribution in [0.25, 0.3) is 0 Å². The first kappa shape index (κ1) is 9.10. The van der Waals surface area contributed by atoms with E-state index in [0.717, 1.165) is 6.07 Å². The molecule has 1 aliphatic heterocycles. The zero-order chi connectivity index (χ0) is 10.1. The number of nitrogens with zero attached hydrogens (tertiary/aromatic N) is 1. The van der Waals surface area contributed by atoms with Crippen molar-refractivity contribution < 1.29 is 23.6 Å². The van der Waals surface area contributed by atoms with Crippen LogP contribution in [0.15, 0.2) is 18.3 Å². The largest absolute Gasteiger partial charge is 0.568 e. The van der Waals surface area contributed by atoms with Gasteiger partial charge in [0.25, 0.3) is 0 Å². The summed E-state index contributed by atoms with van der Waals surface area (Å²) in [5, 5.41) is 8.89. The summed E-state index contributed by atoms with van der Waals surface area (Å²) in [5.41, 5.74) is 0.372. The Hall–Kier alpha value is -1.47. The maximum Gasteiger partial charge on any atom is 0.568 e. The molecular weight excluding hydrogens is 192 g/mol. The maximum atomic E-state index is 12.4. The Morgan fingerprint density at radius 3 is 2.86 bits per heavy atom. The van der Waals surface area contributed by atoms with Crippen LogP contribution in [0.4, 0.5) is 4.39 Å². The molecule has 2 heterocycles. The van der Waals surface area contributed by atoms with Gasteiger partial charge in [-0.2, -0.15) is 4.39 Å². The van der Waals surface area contributed by atoms with Crippen LogP contribution in [0.5, 0.6) is 0 Å². The van der Waals surface area contributed by atoms with Crippen LogP contribution in [0.2, 0.25) is 0 Å². The molecule has 5 nitrogen and oxygen atoms in total. The van der Waals surface area contributed by atoms with Crippen LogP contribution in [0.1, 0.15) is 0 Å². The highest BCUT2D eigenvalue weighted by molar-refractivity contribution is 6.64. The minimum atomic E-state index is -1.58. The molecule has 0 aromatic carbocycles. The molecule has 14 heavy (non-hydrogen) atoms. The van der Waals surface area contributed by atoms with E-state index >= 15 is 0 Å². The molecule has 0 bridgehead atoms. The van der Waals surface area contributed by atoms with Crippen LogP contribution < -0.4 is 5.46 Å². The van der Waals surface area contributed by atoms with Crippen molar-refractivity contribution in [1.29, 1.82) is 0 Å². The summed E-state index contributed by atoms with van der Waals surface area (Å²) < 4.78 is 21.8. The number of aromatic nitrogens is 1. The smallest absolute Gasteiger partial charge is 0.502 e. The molecule has 1 aromatic heterocycles. The Kier molecular flexibility index (Phi) is 2.18.